The van der Waals surface area contributed by atoms with Crippen LogP contribution in [0, 0.1) is 6.92 Å². The summed E-state index contributed by atoms with van der Waals surface area (Å²) in [6.45, 7) is 1.75. The second kappa shape index (κ2) is 7.03. The van der Waals surface area contributed by atoms with Crippen molar-refractivity contribution in [3.8, 4) is 0 Å². The van der Waals surface area contributed by atoms with E-state index in [0.717, 1.165) is 5.56 Å². The molecule has 122 valence electrons. The summed E-state index contributed by atoms with van der Waals surface area (Å²) in [6, 6.07) is 12.1. The van der Waals surface area contributed by atoms with E-state index in [0.29, 0.717) is 39.4 Å². The molecule has 0 unspecified atom stereocenters. The van der Waals surface area contributed by atoms with Gasteiger partial charge in [-0.15, -0.1) is 0 Å². The van der Waals surface area contributed by atoms with Crippen LogP contribution in [0.3, 0.4) is 0 Å². The molecule has 3 aromatic rings. The van der Waals surface area contributed by atoms with E-state index in [-0.39, 0.29) is 5.91 Å². The number of aryl methyl sites for hydroxylation is 1. The molecule has 1 N–H and O–H groups in total. The van der Waals surface area contributed by atoms with E-state index in [4.69, 9.17) is 27.7 Å². The second-order valence-electron chi connectivity index (χ2n) is 5.15. The first kappa shape index (κ1) is 16.5. The molecule has 0 radical (unpaired) electrons. The van der Waals surface area contributed by atoms with Gasteiger partial charge in [-0.3, -0.25) is 4.79 Å². The predicted molar refractivity (Wildman–Crippen MR) is 92.7 cm³/mol. The van der Waals surface area contributed by atoms with Crippen LogP contribution in [0.25, 0.3) is 0 Å². The van der Waals surface area contributed by atoms with Crippen LogP contribution in [0.4, 0.5) is 5.69 Å². The number of benzene rings is 2. The van der Waals surface area contributed by atoms with E-state index in [2.05, 4.69) is 15.5 Å². The third-order valence-corrected chi connectivity index (χ3v) is 3.90. The highest BCUT2D eigenvalue weighted by Gasteiger charge is 2.14. The van der Waals surface area contributed by atoms with Crippen LogP contribution in [0.1, 0.15) is 27.6 Å². The van der Waals surface area contributed by atoms with Crippen LogP contribution in [-0.2, 0) is 6.42 Å². The Hall–Kier alpha value is -2.37. The Kier molecular flexibility index (Phi) is 4.83. The van der Waals surface area contributed by atoms with Gasteiger partial charge in [0, 0.05) is 10.7 Å². The molecule has 5 nitrogen and oxygen atoms in total. The molecule has 0 spiro atoms. The van der Waals surface area contributed by atoms with Crippen molar-refractivity contribution < 1.29 is 9.32 Å². The van der Waals surface area contributed by atoms with Crippen LogP contribution >= 0.6 is 23.2 Å². The van der Waals surface area contributed by atoms with Crippen LogP contribution < -0.4 is 5.32 Å². The quantitative estimate of drug-likeness (QED) is 0.741. The summed E-state index contributed by atoms with van der Waals surface area (Å²) in [5.41, 5.74) is 1.87. The lowest BCUT2D eigenvalue weighted by Crippen LogP contribution is -2.14. The van der Waals surface area contributed by atoms with Gasteiger partial charge in [0.1, 0.15) is 0 Å². The Morgan fingerprint density at radius 1 is 1.21 bits per heavy atom. The van der Waals surface area contributed by atoms with Gasteiger partial charge < -0.3 is 9.84 Å². The average molecular weight is 362 g/mol. The molecule has 1 aromatic heterocycles. The Morgan fingerprint density at radius 3 is 2.71 bits per heavy atom. The third kappa shape index (κ3) is 3.75. The molecule has 0 bridgehead atoms. The Balaban J connectivity index is 1.83. The number of carbonyl (C=O) groups is 1. The minimum atomic E-state index is -0.314. The number of hydrogen-bond acceptors (Lipinski definition) is 4. The molecule has 0 aliphatic heterocycles. The summed E-state index contributed by atoms with van der Waals surface area (Å²) in [7, 11) is 0. The van der Waals surface area contributed by atoms with E-state index >= 15 is 0 Å². The van der Waals surface area contributed by atoms with Crippen LogP contribution in [0.15, 0.2) is 47.0 Å². The lowest BCUT2D eigenvalue weighted by Gasteiger charge is -2.11. The molecule has 0 fully saturated rings. The van der Waals surface area contributed by atoms with Crippen molar-refractivity contribution in [2.24, 2.45) is 0 Å². The lowest BCUT2D eigenvalue weighted by atomic mass is 10.1. The Bertz CT molecular complexity index is 893. The molecule has 0 saturated heterocycles. The first-order chi connectivity index (χ1) is 11.5. The zero-order valence-electron chi connectivity index (χ0n) is 12.7. The maximum Gasteiger partial charge on any atom is 0.257 e. The van der Waals surface area contributed by atoms with E-state index in [1.165, 1.54) is 6.07 Å². The number of para-hydroxylation sites is 1. The number of amides is 1. The van der Waals surface area contributed by atoms with Crippen LogP contribution in [0.2, 0.25) is 10.0 Å². The third-order valence-electron chi connectivity index (χ3n) is 3.35. The molecule has 0 aliphatic carbocycles. The molecular weight excluding hydrogens is 349 g/mol. The van der Waals surface area contributed by atoms with Gasteiger partial charge >= 0.3 is 0 Å². The van der Waals surface area contributed by atoms with Crippen molar-refractivity contribution in [3.05, 3.63) is 75.4 Å². The molecule has 1 amide bonds. The molecule has 24 heavy (non-hydrogen) atoms. The maximum absolute atomic E-state index is 12.5. The summed E-state index contributed by atoms with van der Waals surface area (Å²) >= 11 is 11.9. The zero-order valence-corrected chi connectivity index (χ0v) is 14.2. The minimum absolute atomic E-state index is 0.296. The number of halogens is 2. The van der Waals surface area contributed by atoms with Crippen LogP contribution in [-0.4, -0.2) is 16.0 Å². The van der Waals surface area contributed by atoms with Crippen molar-refractivity contribution in [2.75, 3.05) is 5.32 Å². The number of hydrogen-bond donors (Lipinski definition) is 1. The van der Waals surface area contributed by atoms with Gasteiger partial charge in [-0.2, -0.15) is 4.98 Å². The summed E-state index contributed by atoms with van der Waals surface area (Å²) in [5.74, 6) is 0.740. The molecule has 0 saturated carbocycles. The number of carbonyl (C=O) groups excluding carboxylic acids is 1. The average Bonchev–Trinajstić information content (AvgIpc) is 2.94. The Labute approximate surface area is 148 Å². The second-order valence-corrected chi connectivity index (χ2v) is 5.99. The molecule has 2 aromatic carbocycles. The number of nitrogens with zero attached hydrogens (tertiary/aromatic N) is 2. The predicted octanol–water partition coefficient (Wildman–Crippen LogP) is 4.53. The van der Waals surface area contributed by atoms with E-state index in [9.17, 15) is 4.79 Å². The van der Waals surface area contributed by atoms with Crippen molar-refractivity contribution in [3.63, 3.8) is 0 Å². The van der Waals surface area contributed by atoms with Crippen molar-refractivity contribution >= 4 is 34.8 Å². The summed E-state index contributed by atoms with van der Waals surface area (Å²) < 4.78 is 5.14. The number of nitrogens with one attached hydrogen (secondary N) is 1. The van der Waals surface area contributed by atoms with Gasteiger partial charge in [0.2, 0.25) is 5.89 Å². The SMILES string of the molecule is Cc1noc(Cc2ccccc2NC(=O)c2ccc(Cl)cc2Cl)n1. The molecule has 0 atom stereocenters. The largest absolute Gasteiger partial charge is 0.339 e. The molecule has 0 aliphatic rings. The zero-order chi connectivity index (χ0) is 17.1. The van der Waals surface area contributed by atoms with Crippen molar-refractivity contribution in [1.29, 1.82) is 0 Å². The first-order valence-electron chi connectivity index (χ1n) is 7.16. The monoisotopic (exact) mass is 361 g/mol. The highest BCUT2D eigenvalue weighted by Crippen LogP contribution is 2.24. The molecular formula is C17H13Cl2N3O2. The molecule has 3 rings (SSSR count). The van der Waals surface area contributed by atoms with Crippen LogP contribution in [0.5, 0.6) is 0 Å². The van der Waals surface area contributed by atoms with Gasteiger partial charge in [-0.25, -0.2) is 0 Å². The van der Waals surface area contributed by atoms with Gasteiger partial charge in [0.25, 0.3) is 5.91 Å². The number of aromatic nitrogens is 2. The highest BCUT2D eigenvalue weighted by atomic mass is 35.5. The van der Waals surface area contributed by atoms with E-state index < -0.39 is 0 Å². The fourth-order valence-corrected chi connectivity index (χ4v) is 2.73. The van der Waals surface area contributed by atoms with Crippen molar-refractivity contribution in [2.45, 2.75) is 13.3 Å². The Morgan fingerprint density at radius 2 is 2.00 bits per heavy atom. The molecule has 7 heteroatoms. The number of rotatable bonds is 4. The van der Waals surface area contributed by atoms with E-state index in [1.54, 1.807) is 25.1 Å². The molecule has 1 heterocycles. The van der Waals surface area contributed by atoms with Gasteiger partial charge in [-0.1, -0.05) is 46.6 Å². The fraction of sp³-hybridized carbons (Fsp3) is 0.118. The fourth-order valence-electron chi connectivity index (χ4n) is 2.23. The highest BCUT2D eigenvalue weighted by molar-refractivity contribution is 6.37. The number of anilines is 1. The topological polar surface area (TPSA) is 68.0 Å². The minimum Gasteiger partial charge on any atom is -0.339 e. The van der Waals surface area contributed by atoms with Gasteiger partial charge in [0.15, 0.2) is 5.82 Å². The summed E-state index contributed by atoms with van der Waals surface area (Å²) in [5, 5.41) is 7.40. The maximum atomic E-state index is 12.5. The summed E-state index contributed by atoms with van der Waals surface area (Å²) in [6.07, 6.45) is 0.422. The lowest BCUT2D eigenvalue weighted by molar-refractivity contribution is 0.102. The van der Waals surface area contributed by atoms with Gasteiger partial charge in [0.05, 0.1) is 17.0 Å². The van der Waals surface area contributed by atoms with Crippen molar-refractivity contribution in [1.82, 2.24) is 10.1 Å². The standard InChI is InChI=1S/C17H13Cl2N3O2/c1-10-20-16(24-22-10)8-11-4-2-3-5-15(11)21-17(23)13-7-6-12(18)9-14(13)19/h2-7,9H,8H2,1H3,(H,21,23). The first-order valence-corrected chi connectivity index (χ1v) is 7.92. The summed E-state index contributed by atoms with van der Waals surface area (Å²) in [4.78, 5) is 16.6. The smallest absolute Gasteiger partial charge is 0.257 e. The van der Waals surface area contributed by atoms with E-state index in [1.807, 2.05) is 18.2 Å². The normalized spacial score (nSPS) is 10.6. The van der Waals surface area contributed by atoms with Gasteiger partial charge in [-0.05, 0) is 36.8 Å².